The molecule has 22 heavy (non-hydrogen) atoms. The Morgan fingerprint density at radius 3 is 2.73 bits per heavy atom. The van der Waals surface area contributed by atoms with Gasteiger partial charge in [-0.15, -0.1) is 0 Å². The van der Waals surface area contributed by atoms with E-state index >= 15 is 0 Å². The average Bonchev–Trinajstić information content (AvgIpc) is 2.71. The highest BCUT2D eigenvalue weighted by Crippen LogP contribution is 2.36. The van der Waals surface area contributed by atoms with Gasteiger partial charge in [0, 0.05) is 24.2 Å². The Kier molecular flexibility index (Phi) is 5.06. The maximum Gasteiger partial charge on any atom is 0.293 e. The maximum absolute atomic E-state index is 12.1. The zero-order valence-electron chi connectivity index (χ0n) is 11.4. The molecule has 1 N–H and O–H groups in total. The summed E-state index contributed by atoms with van der Waals surface area (Å²) < 4.78 is 0.297. The van der Waals surface area contributed by atoms with Crippen LogP contribution in [0.3, 0.4) is 0 Å². The van der Waals surface area contributed by atoms with Crippen LogP contribution in [0.5, 0.6) is 5.75 Å². The van der Waals surface area contributed by atoms with Crippen LogP contribution in [0.2, 0.25) is 0 Å². The van der Waals surface area contributed by atoms with Crippen molar-refractivity contribution in [2.75, 3.05) is 6.54 Å². The Morgan fingerprint density at radius 1 is 1.45 bits per heavy atom. The summed E-state index contributed by atoms with van der Waals surface area (Å²) in [4.78, 5) is 35.4. The van der Waals surface area contributed by atoms with Crippen LogP contribution in [-0.4, -0.2) is 32.6 Å². The topological polar surface area (TPSA) is 101 Å². The molecule has 1 aliphatic rings. The Hall–Kier alpha value is -1.62. The molecule has 1 aromatic carbocycles. The van der Waals surface area contributed by atoms with Crippen LogP contribution in [0.1, 0.15) is 18.9 Å². The van der Waals surface area contributed by atoms with Crippen LogP contribution >= 0.6 is 34.4 Å². The van der Waals surface area contributed by atoms with Crippen LogP contribution in [0.25, 0.3) is 6.08 Å². The van der Waals surface area contributed by atoms with Gasteiger partial charge < -0.3 is 5.11 Å². The van der Waals surface area contributed by atoms with E-state index in [9.17, 15) is 24.8 Å². The molecule has 1 heterocycles. The molecule has 2 amide bonds. The van der Waals surface area contributed by atoms with E-state index in [1.54, 1.807) is 22.6 Å². The first-order valence-electron chi connectivity index (χ1n) is 6.27. The van der Waals surface area contributed by atoms with Crippen molar-refractivity contribution in [1.82, 2.24) is 4.90 Å². The summed E-state index contributed by atoms with van der Waals surface area (Å²) in [6, 6.07) is 2.40. The van der Waals surface area contributed by atoms with E-state index in [1.807, 2.05) is 6.92 Å². The highest BCUT2D eigenvalue weighted by atomic mass is 127. The number of carbonyl (C=O) groups is 2. The van der Waals surface area contributed by atoms with Gasteiger partial charge in [0.2, 0.25) is 0 Å². The lowest BCUT2D eigenvalue weighted by Gasteiger charge is -2.09. The van der Waals surface area contributed by atoms with Crippen molar-refractivity contribution >= 4 is 57.3 Å². The molecule has 1 saturated heterocycles. The molecule has 0 atom stereocenters. The molecule has 0 saturated carbocycles. The minimum atomic E-state index is -0.582. The lowest BCUT2D eigenvalue weighted by Crippen LogP contribution is -2.28. The summed E-state index contributed by atoms with van der Waals surface area (Å²) in [5.74, 6) is -0.605. The van der Waals surface area contributed by atoms with Crippen LogP contribution in [0, 0.1) is 13.7 Å². The predicted octanol–water partition coefficient (Wildman–Crippen LogP) is 3.35. The summed E-state index contributed by atoms with van der Waals surface area (Å²) >= 11 is 2.53. The molecule has 1 aliphatic heterocycles. The third-order valence-electron chi connectivity index (χ3n) is 2.90. The average molecular weight is 434 g/mol. The number of amides is 2. The van der Waals surface area contributed by atoms with Gasteiger partial charge in [-0.05, 0) is 46.8 Å². The number of non-ortho nitro benzene ring substituents is 1. The first-order valence-corrected chi connectivity index (χ1v) is 8.17. The van der Waals surface area contributed by atoms with Crippen molar-refractivity contribution in [3.05, 3.63) is 36.3 Å². The fourth-order valence-corrected chi connectivity index (χ4v) is 3.36. The minimum absolute atomic E-state index is 0.139. The Balaban J connectivity index is 2.44. The fraction of sp³-hybridized carbons (Fsp3) is 0.231. The number of phenols is 1. The number of hydrogen-bond acceptors (Lipinski definition) is 6. The SMILES string of the molecule is CCCN1C(=O)S/C(=C/c2cc([N+](=O)[O-])cc(I)c2O)C1=O. The molecule has 116 valence electrons. The summed E-state index contributed by atoms with van der Waals surface area (Å²) in [7, 11) is 0. The molecule has 9 heteroatoms. The van der Waals surface area contributed by atoms with Crippen molar-refractivity contribution in [1.29, 1.82) is 0 Å². The number of halogens is 1. The zero-order valence-corrected chi connectivity index (χ0v) is 14.4. The van der Waals surface area contributed by atoms with Gasteiger partial charge in [-0.1, -0.05) is 6.92 Å². The number of hydrogen-bond donors (Lipinski definition) is 1. The lowest BCUT2D eigenvalue weighted by atomic mass is 10.1. The van der Waals surface area contributed by atoms with Gasteiger partial charge in [-0.3, -0.25) is 24.6 Å². The second-order valence-electron chi connectivity index (χ2n) is 4.46. The Labute approximate surface area is 143 Å². The number of nitro groups is 1. The number of nitro benzene ring substituents is 1. The molecule has 0 unspecified atom stereocenters. The van der Waals surface area contributed by atoms with Gasteiger partial charge in [0.25, 0.3) is 16.8 Å². The number of nitrogens with zero attached hydrogens (tertiary/aromatic N) is 2. The van der Waals surface area contributed by atoms with Crippen molar-refractivity contribution < 1.29 is 19.6 Å². The van der Waals surface area contributed by atoms with E-state index < -0.39 is 10.8 Å². The number of thioether (sulfide) groups is 1. The predicted molar refractivity (Wildman–Crippen MR) is 90.4 cm³/mol. The summed E-state index contributed by atoms with van der Waals surface area (Å²) in [6.45, 7) is 2.17. The van der Waals surface area contributed by atoms with Gasteiger partial charge in [0.1, 0.15) is 5.75 Å². The molecule has 2 rings (SSSR count). The van der Waals surface area contributed by atoms with E-state index in [0.717, 1.165) is 16.7 Å². The summed E-state index contributed by atoms with van der Waals surface area (Å²) in [5.41, 5.74) is -0.0539. The van der Waals surface area contributed by atoms with Crippen LogP contribution < -0.4 is 0 Å². The van der Waals surface area contributed by atoms with E-state index in [1.165, 1.54) is 18.2 Å². The largest absolute Gasteiger partial charge is 0.506 e. The number of imide groups is 1. The number of carbonyl (C=O) groups excluding carboxylic acids is 2. The zero-order chi connectivity index (χ0) is 16.4. The maximum atomic E-state index is 12.1. The minimum Gasteiger partial charge on any atom is -0.506 e. The van der Waals surface area contributed by atoms with E-state index in [-0.39, 0.29) is 27.1 Å². The van der Waals surface area contributed by atoms with Gasteiger partial charge >= 0.3 is 0 Å². The summed E-state index contributed by atoms with van der Waals surface area (Å²) in [5, 5.41) is 20.5. The lowest BCUT2D eigenvalue weighted by molar-refractivity contribution is -0.385. The first kappa shape index (κ1) is 16.7. The van der Waals surface area contributed by atoms with Crippen molar-refractivity contribution in [2.24, 2.45) is 0 Å². The van der Waals surface area contributed by atoms with Gasteiger partial charge in [0.05, 0.1) is 13.4 Å². The highest BCUT2D eigenvalue weighted by molar-refractivity contribution is 14.1. The van der Waals surface area contributed by atoms with E-state index in [2.05, 4.69) is 0 Å². The second-order valence-corrected chi connectivity index (χ2v) is 6.61. The molecule has 0 radical (unpaired) electrons. The van der Waals surface area contributed by atoms with Crippen LogP contribution in [0.4, 0.5) is 10.5 Å². The van der Waals surface area contributed by atoms with Crippen LogP contribution in [-0.2, 0) is 4.79 Å². The van der Waals surface area contributed by atoms with Gasteiger partial charge in [-0.2, -0.15) is 0 Å². The quantitative estimate of drug-likeness (QED) is 0.338. The molecule has 1 aromatic rings. The Bertz CT molecular complexity index is 704. The van der Waals surface area contributed by atoms with Crippen molar-refractivity contribution in [3.63, 3.8) is 0 Å². The number of benzene rings is 1. The second kappa shape index (κ2) is 6.65. The summed E-state index contributed by atoms with van der Waals surface area (Å²) in [6.07, 6.45) is 1.95. The Morgan fingerprint density at radius 2 is 2.14 bits per heavy atom. The molecular formula is C13H11IN2O5S. The molecule has 0 aromatic heterocycles. The number of rotatable bonds is 4. The fourth-order valence-electron chi connectivity index (χ4n) is 1.88. The highest BCUT2D eigenvalue weighted by Gasteiger charge is 2.34. The number of aromatic hydroxyl groups is 1. The van der Waals surface area contributed by atoms with E-state index in [0.29, 0.717) is 16.5 Å². The molecule has 0 spiro atoms. The van der Waals surface area contributed by atoms with Crippen molar-refractivity contribution in [2.45, 2.75) is 13.3 Å². The van der Waals surface area contributed by atoms with Gasteiger partial charge in [0.15, 0.2) is 0 Å². The molecule has 1 fully saturated rings. The number of phenolic OH excluding ortho intramolecular Hbond substituents is 1. The smallest absolute Gasteiger partial charge is 0.293 e. The van der Waals surface area contributed by atoms with Crippen LogP contribution in [0.15, 0.2) is 17.0 Å². The standard InChI is InChI=1S/C13H11IN2O5S/c1-2-3-15-12(18)10(22-13(15)19)5-7-4-8(16(20)21)6-9(14)11(7)17/h4-6,17H,2-3H2,1H3/b10-5+. The normalized spacial score (nSPS) is 16.6. The van der Waals surface area contributed by atoms with Crippen molar-refractivity contribution in [3.8, 4) is 5.75 Å². The molecular weight excluding hydrogens is 423 g/mol. The van der Waals surface area contributed by atoms with Gasteiger partial charge in [-0.25, -0.2) is 0 Å². The monoisotopic (exact) mass is 434 g/mol. The third-order valence-corrected chi connectivity index (χ3v) is 4.63. The third kappa shape index (κ3) is 3.24. The first-order chi connectivity index (χ1) is 10.3. The van der Waals surface area contributed by atoms with E-state index in [4.69, 9.17) is 0 Å². The molecule has 0 aliphatic carbocycles. The molecule has 0 bridgehead atoms. The molecule has 7 nitrogen and oxygen atoms in total.